The Labute approximate surface area is 97.3 Å². The van der Waals surface area contributed by atoms with Crippen molar-refractivity contribution in [1.82, 2.24) is 9.88 Å². The lowest BCUT2D eigenvalue weighted by molar-refractivity contribution is -0.389. The van der Waals surface area contributed by atoms with Gasteiger partial charge in [0.25, 0.3) is 5.91 Å². The van der Waals surface area contributed by atoms with E-state index in [0.717, 1.165) is 0 Å². The fourth-order valence-corrected chi connectivity index (χ4v) is 1.49. The second kappa shape index (κ2) is 5.50. The number of nitrogens with zero attached hydrogens (tertiary/aromatic N) is 2. The molecule has 0 atom stereocenters. The van der Waals surface area contributed by atoms with Crippen molar-refractivity contribution in [3.8, 4) is 0 Å². The number of rotatable bonds is 5. The summed E-state index contributed by atoms with van der Waals surface area (Å²) in [5, 5.41) is 10.4. The van der Waals surface area contributed by atoms with E-state index in [-0.39, 0.29) is 17.4 Å². The first-order valence-corrected chi connectivity index (χ1v) is 5.32. The van der Waals surface area contributed by atoms with E-state index >= 15 is 0 Å². The molecule has 1 aromatic heterocycles. The highest BCUT2D eigenvalue weighted by Gasteiger charge is 2.19. The number of hydrogen-bond acceptors (Lipinski definition) is 3. The lowest BCUT2D eigenvalue weighted by Gasteiger charge is -2.17. The molecule has 0 fully saturated rings. The molecule has 0 aromatic carbocycles. The smallest absolute Gasteiger partial charge is 0.321 e. The minimum Gasteiger partial charge on any atom is -0.358 e. The number of aromatic nitrogens is 1. The van der Waals surface area contributed by atoms with Gasteiger partial charge < -0.3 is 15.0 Å². The fraction of sp³-hybridized carbons (Fsp3) is 0.444. The molecule has 0 aliphatic rings. The first kappa shape index (κ1) is 12.5. The Balaban J connectivity index is 2.82. The van der Waals surface area contributed by atoms with Crippen molar-refractivity contribution in [1.29, 1.82) is 0 Å². The number of amides is 1. The van der Waals surface area contributed by atoms with Gasteiger partial charge in [0.1, 0.15) is 0 Å². The van der Waals surface area contributed by atoms with Crippen LogP contribution < -0.4 is 0 Å². The van der Waals surface area contributed by atoms with E-state index in [9.17, 15) is 14.9 Å². The van der Waals surface area contributed by atoms with Crippen molar-refractivity contribution >= 4 is 23.3 Å². The summed E-state index contributed by atoms with van der Waals surface area (Å²) >= 11 is 5.55. The van der Waals surface area contributed by atoms with Gasteiger partial charge in [-0.15, -0.1) is 11.6 Å². The highest BCUT2D eigenvalue weighted by atomic mass is 35.5. The summed E-state index contributed by atoms with van der Waals surface area (Å²) in [7, 11) is 0. The third kappa shape index (κ3) is 2.73. The van der Waals surface area contributed by atoms with E-state index in [2.05, 4.69) is 4.98 Å². The maximum atomic E-state index is 11.8. The molecule has 1 aromatic rings. The zero-order valence-corrected chi connectivity index (χ0v) is 9.53. The lowest BCUT2D eigenvalue weighted by Crippen LogP contribution is -2.32. The Morgan fingerprint density at radius 2 is 2.31 bits per heavy atom. The van der Waals surface area contributed by atoms with E-state index in [1.54, 1.807) is 0 Å². The number of carbonyl (C=O) groups is 1. The topological polar surface area (TPSA) is 79.2 Å². The van der Waals surface area contributed by atoms with Crippen LogP contribution in [0.15, 0.2) is 12.1 Å². The Bertz CT molecular complexity index is 391. The summed E-state index contributed by atoms with van der Waals surface area (Å²) in [5.41, 5.74) is 0.207. The summed E-state index contributed by atoms with van der Waals surface area (Å²) in [6.45, 7) is 2.75. The first-order chi connectivity index (χ1) is 7.60. The number of halogens is 1. The van der Waals surface area contributed by atoms with E-state index in [4.69, 9.17) is 11.6 Å². The minimum absolute atomic E-state index is 0.190. The number of nitro groups is 1. The van der Waals surface area contributed by atoms with Crippen LogP contribution in [0.1, 0.15) is 17.4 Å². The maximum absolute atomic E-state index is 11.8. The van der Waals surface area contributed by atoms with Crippen LogP contribution >= 0.6 is 11.6 Å². The van der Waals surface area contributed by atoms with Gasteiger partial charge in [-0.2, -0.15) is 0 Å². The second-order valence-electron chi connectivity index (χ2n) is 3.09. The van der Waals surface area contributed by atoms with Crippen molar-refractivity contribution in [3.63, 3.8) is 0 Å². The van der Waals surface area contributed by atoms with Crippen LogP contribution in [-0.4, -0.2) is 39.7 Å². The Hall–Kier alpha value is -1.56. The molecule has 6 nitrogen and oxygen atoms in total. The monoisotopic (exact) mass is 245 g/mol. The van der Waals surface area contributed by atoms with Crippen molar-refractivity contribution in [2.45, 2.75) is 6.92 Å². The van der Waals surface area contributed by atoms with Crippen molar-refractivity contribution in [2.24, 2.45) is 0 Å². The number of carbonyl (C=O) groups excluding carboxylic acids is 1. The summed E-state index contributed by atoms with van der Waals surface area (Å²) in [6, 6.07) is 2.67. The molecule has 0 bridgehead atoms. The Kier molecular flexibility index (Phi) is 4.30. The molecule has 1 heterocycles. The third-order valence-corrected chi connectivity index (χ3v) is 2.29. The fourth-order valence-electron chi connectivity index (χ4n) is 1.29. The van der Waals surface area contributed by atoms with Gasteiger partial charge in [0.15, 0.2) is 5.69 Å². The molecule has 0 aliphatic carbocycles. The molecule has 0 unspecified atom stereocenters. The van der Waals surface area contributed by atoms with Crippen LogP contribution in [0, 0.1) is 10.1 Å². The van der Waals surface area contributed by atoms with Gasteiger partial charge in [0, 0.05) is 25.0 Å². The average molecular weight is 246 g/mol. The van der Waals surface area contributed by atoms with Gasteiger partial charge in [-0.1, -0.05) is 0 Å². The normalized spacial score (nSPS) is 10.1. The largest absolute Gasteiger partial charge is 0.358 e. The van der Waals surface area contributed by atoms with Crippen molar-refractivity contribution in [3.05, 3.63) is 27.9 Å². The molecule has 0 aliphatic heterocycles. The van der Waals surface area contributed by atoms with Crippen LogP contribution in [-0.2, 0) is 0 Å². The van der Waals surface area contributed by atoms with Crippen molar-refractivity contribution < 1.29 is 9.72 Å². The molecule has 1 rings (SSSR count). The summed E-state index contributed by atoms with van der Waals surface area (Å²) in [5.74, 6) is -0.135. The number of alkyl halides is 1. The van der Waals surface area contributed by atoms with Crippen LogP contribution in [0.25, 0.3) is 0 Å². The van der Waals surface area contributed by atoms with E-state index in [1.807, 2.05) is 6.92 Å². The van der Waals surface area contributed by atoms with Crippen LogP contribution in [0.5, 0.6) is 0 Å². The van der Waals surface area contributed by atoms with E-state index in [1.165, 1.54) is 17.0 Å². The summed E-state index contributed by atoms with van der Waals surface area (Å²) in [4.78, 5) is 25.6. The van der Waals surface area contributed by atoms with Gasteiger partial charge in [0.2, 0.25) is 0 Å². The summed E-state index contributed by atoms with van der Waals surface area (Å²) < 4.78 is 0. The SMILES string of the molecule is CCN(CCCl)C(=O)c1ccc([N+](=O)[O-])[nH]1. The standard InChI is InChI=1S/C9H12ClN3O3/c1-2-12(6-5-10)9(14)7-3-4-8(11-7)13(15)16/h3-4,11H,2,5-6H2,1H3. The van der Waals surface area contributed by atoms with E-state index in [0.29, 0.717) is 19.0 Å². The molecule has 1 N–H and O–H groups in total. The van der Waals surface area contributed by atoms with Crippen LogP contribution in [0.2, 0.25) is 0 Å². The van der Waals surface area contributed by atoms with Gasteiger partial charge in [0.05, 0.1) is 0 Å². The Morgan fingerprint density at radius 3 is 2.75 bits per heavy atom. The van der Waals surface area contributed by atoms with Crippen LogP contribution in [0.4, 0.5) is 5.82 Å². The van der Waals surface area contributed by atoms with Gasteiger partial charge in [-0.05, 0) is 17.9 Å². The lowest BCUT2D eigenvalue weighted by atomic mass is 10.3. The Morgan fingerprint density at radius 1 is 1.62 bits per heavy atom. The van der Waals surface area contributed by atoms with Crippen LogP contribution in [0.3, 0.4) is 0 Å². The molecule has 88 valence electrons. The molecular weight excluding hydrogens is 234 g/mol. The zero-order chi connectivity index (χ0) is 12.1. The predicted molar refractivity (Wildman–Crippen MR) is 59.7 cm³/mol. The van der Waals surface area contributed by atoms with E-state index < -0.39 is 4.92 Å². The van der Waals surface area contributed by atoms with Gasteiger partial charge >= 0.3 is 5.82 Å². The molecular formula is C9H12ClN3O3. The molecule has 0 radical (unpaired) electrons. The number of H-pyrrole nitrogens is 1. The van der Waals surface area contributed by atoms with Gasteiger partial charge in [-0.3, -0.25) is 4.79 Å². The molecule has 7 heteroatoms. The predicted octanol–water partition coefficient (Wildman–Crippen LogP) is 1.62. The molecule has 0 saturated carbocycles. The second-order valence-corrected chi connectivity index (χ2v) is 3.47. The first-order valence-electron chi connectivity index (χ1n) is 4.78. The minimum atomic E-state index is -0.575. The highest BCUT2D eigenvalue weighted by Crippen LogP contribution is 2.11. The zero-order valence-electron chi connectivity index (χ0n) is 8.77. The number of nitrogens with one attached hydrogen (secondary N) is 1. The van der Waals surface area contributed by atoms with Crippen molar-refractivity contribution in [2.75, 3.05) is 19.0 Å². The van der Waals surface area contributed by atoms with Gasteiger partial charge in [-0.25, -0.2) is 4.98 Å². The molecule has 0 spiro atoms. The third-order valence-electron chi connectivity index (χ3n) is 2.12. The maximum Gasteiger partial charge on any atom is 0.321 e. The summed E-state index contributed by atoms with van der Waals surface area (Å²) in [6.07, 6.45) is 0. The molecule has 1 amide bonds. The molecule has 16 heavy (non-hydrogen) atoms. The number of hydrogen-bond donors (Lipinski definition) is 1. The number of aromatic amines is 1. The average Bonchev–Trinajstić information content (AvgIpc) is 2.74. The molecule has 0 saturated heterocycles. The quantitative estimate of drug-likeness (QED) is 0.486. The highest BCUT2D eigenvalue weighted by molar-refractivity contribution is 6.18.